The van der Waals surface area contributed by atoms with Crippen molar-refractivity contribution in [3.8, 4) is 0 Å². The van der Waals surface area contributed by atoms with Crippen molar-refractivity contribution in [2.75, 3.05) is 66.6 Å². The summed E-state index contributed by atoms with van der Waals surface area (Å²) >= 11 is 0. The van der Waals surface area contributed by atoms with Gasteiger partial charge in [0.1, 0.15) is 5.41 Å². The number of nitrogens with one attached hydrogen (secondary N) is 2. The summed E-state index contributed by atoms with van der Waals surface area (Å²) in [4.78, 5) is 28.7. The zero-order valence-electron chi connectivity index (χ0n) is 13.7. The SMILES string of the molecule is CN(C)CCNC(=O)C1(C(=O)NCCN2CCOCC2)CC1. The van der Waals surface area contributed by atoms with Gasteiger partial charge in [-0.05, 0) is 26.9 Å². The van der Waals surface area contributed by atoms with Gasteiger partial charge < -0.3 is 20.3 Å². The molecule has 0 atom stereocenters. The van der Waals surface area contributed by atoms with Crippen LogP contribution in [-0.2, 0) is 14.3 Å². The fraction of sp³-hybridized carbons (Fsp3) is 0.867. The summed E-state index contributed by atoms with van der Waals surface area (Å²) in [6, 6.07) is 0. The van der Waals surface area contributed by atoms with Crippen LogP contribution in [0.2, 0.25) is 0 Å². The molecule has 22 heavy (non-hydrogen) atoms. The summed E-state index contributed by atoms with van der Waals surface area (Å²) in [5.41, 5.74) is -0.808. The van der Waals surface area contributed by atoms with E-state index in [2.05, 4.69) is 15.5 Å². The minimum atomic E-state index is -0.808. The molecule has 0 bridgehead atoms. The van der Waals surface area contributed by atoms with Gasteiger partial charge in [-0.15, -0.1) is 0 Å². The highest BCUT2D eigenvalue weighted by Gasteiger charge is 2.56. The van der Waals surface area contributed by atoms with Crippen LogP contribution in [0.15, 0.2) is 0 Å². The van der Waals surface area contributed by atoms with Crippen molar-refractivity contribution < 1.29 is 14.3 Å². The molecular weight excluding hydrogens is 284 g/mol. The molecule has 0 aromatic carbocycles. The number of hydrogen-bond donors (Lipinski definition) is 2. The number of morpholine rings is 1. The third-order valence-corrected chi connectivity index (χ3v) is 4.28. The second-order valence-electron chi connectivity index (χ2n) is 6.35. The number of likely N-dealkylation sites (N-methyl/N-ethyl adjacent to an activating group) is 1. The summed E-state index contributed by atoms with van der Waals surface area (Å²) in [7, 11) is 3.91. The van der Waals surface area contributed by atoms with Crippen molar-refractivity contribution >= 4 is 11.8 Å². The number of hydrogen-bond acceptors (Lipinski definition) is 5. The van der Waals surface area contributed by atoms with Crippen LogP contribution in [0.3, 0.4) is 0 Å². The molecule has 2 amide bonds. The van der Waals surface area contributed by atoms with Gasteiger partial charge in [0, 0.05) is 39.3 Å². The van der Waals surface area contributed by atoms with E-state index in [0.29, 0.717) is 25.9 Å². The monoisotopic (exact) mass is 312 g/mol. The predicted molar refractivity (Wildman–Crippen MR) is 83.5 cm³/mol. The lowest BCUT2D eigenvalue weighted by molar-refractivity contribution is -0.137. The van der Waals surface area contributed by atoms with Gasteiger partial charge in [-0.3, -0.25) is 14.5 Å². The Balaban J connectivity index is 1.68. The Hall–Kier alpha value is -1.18. The third-order valence-electron chi connectivity index (χ3n) is 4.28. The van der Waals surface area contributed by atoms with Gasteiger partial charge in [-0.2, -0.15) is 0 Å². The second-order valence-corrected chi connectivity index (χ2v) is 6.35. The normalized spacial score (nSPS) is 20.7. The smallest absolute Gasteiger partial charge is 0.235 e. The van der Waals surface area contributed by atoms with E-state index in [1.807, 2.05) is 19.0 Å². The number of nitrogens with zero attached hydrogens (tertiary/aromatic N) is 2. The molecule has 7 heteroatoms. The molecule has 126 valence electrons. The molecule has 0 aromatic heterocycles. The van der Waals surface area contributed by atoms with E-state index < -0.39 is 5.41 Å². The quantitative estimate of drug-likeness (QED) is 0.556. The molecule has 0 unspecified atom stereocenters. The largest absolute Gasteiger partial charge is 0.379 e. The Morgan fingerprint density at radius 3 is 2.23 bits per heavy atom. The summed E-state index contributed by atoms with van der Waals surface area (Å²) < 4.78 is 5.29. The Morgan fingerprint density at radius 1 is 1.09 bits per heavy atom. The molecule has 1 heterocycles. The van der Waals surface area contributed by atoms with E-state index in [1.54, 1.807) is 0 Å². The molecule has 7 nitrogen and oxygen atoms in total. The summed E-state index contributed by atoms with van der Waals surface area (Å²) in [5.74, 6) is -0.249. The van der Waals surface area contributed by atoms with Gasteiger partial charge in [-0.1, -0.05) is 0 Å². The predicted octanol–water partition coefficient (Wildman–Crippen LogP) is -1.11. The first-order valence-corrected chi connectivity index (χ1v) is 8.06. The first kappa shape index (κ1) is 17.2. The van der Waals surface area contributed by atoms with Crippen molar-refractivity contribution in [2.45, 2.75) is 12.8 Å². The van der Waals surface area contributed by atoms with Crippen molar-refractivity contribution in [1.82, 2.24) is 20.4 Å². The topological polar surface area (TPSA) is 73.9 Å². The summed E-state index contributed by atoms with van der Waals surface area (Å²) in [5, 5.41) is 5.79. The lowest BCUT2D eigenvalue weighted by atomic mass is 10.1. The third kappa shape index (κ3) is 4.66. The molecule has 0 radical (unpaired) electrons. The zero-order valence-corrected chi connectivity index (χ0v) is 13.7. The van der Waals surface area contributed by atoms with Crippen molar-refractivity contribution in [1.29, 1.82) is 0 Å². The fourth-order valence-corrected chi connectivity index (χ4v) is 2.57. The lowest BCUT2D eigenvalue weighted by Gasteiger charge is -2.26. The Kier molecular flexibility index (Phi) is 6.16. The van der Waals surface area contributed by atoms with Gasteiger partial charge >= 0.3 is 0 Å². The highest BCUT2D eigenvalue weighted by Crippen LogP contribution is 2.46. The van der Waals surface area contributed by atoms with Crippen molar-refractivity contribution in [2.24, 2.45) is 5.41 Å². The van der Waals surface area contributed by atoms with Crippen LogP contribution in [0, 0.1) is 5.41 Å². The van der Waals surface area contributed by atoms with Gasteiger partial charge in [0.2, 0.25) is 11.8 Å². The molecule has 2 rings (SSSR count). The fourth-order valence-electron chi connectivity index (χ4n) is 2.57. The van der Waals surface area contributed by atoms with Crippen molar-refractivity contribution in [3.05, 3.63) is 0 Å². The highest BCUT2D eigenvalue weighted by molar-refractivity contribution is 6.07. The maximum absolute atomic E-state index is 12.3. The number of carbonyl (C=O) groups excluding carboxylic acids is 2. The van der Waals surface area contributed by atoms with Crippen LogP contribution in [0.4, 0.5) is 0 Å². The maximum Gasteiger partial charge on any atom is 0.235 e. The first-order valence-electron chi connectivity index (χ1n) is 8.06. The maximum atomic E-state index is 12.3. The summed E-state index contributed by atoms with van der Waals surface area (Å²) in [6.07, 6.45) is 1.31. The molecule has 2 N–H and O–H groups in total. The van der Waals surface area contributed by atoms with Crippen LogP contribution < -0.4 is 10.6 Å². The molecule has 0 spiro atoms. The number of amides is 2. The highest BCUT2D eigenvalue weighted by atomic mass is 16.5. The first-order chi connectivity index (χ1) is 10.5. The van der Waals surface area contributed by atoms with Crippen LogP contribution in [0.1, 0.15) is 12.8 Å². The van der Waals surface area contributed by atoms with E-state index in [-0.39, 0.29) is 11.8 Å². The standard InChI is InChI=1S/C15H28N4O3/c1-18(2)7-5-16-13(20)15(3-4-15)14(21)17-6-8-19-9-11-22-12-10-19/h3-12H2,1-2H3,(H,16,20)(H,17,21). The minimum absolute atomic E-state index is 0.122. The summed E-state index contributed by atoms with van der Waals surface area (Å²) in [6.45, 7) is 6.09. The second kappa shape index (κ2) is 7.89. The van der Waals surface area contributed by atoms with E-state index >= 15 is 0 Å². The Bertz CT molecular complexity index is 390. The molecule has 1 saturated heterocycles. The van der Waals surface area contributed by atoms with Gasteiger partial charge in [0.15, 0.2) is 0 Å². The van der Waals surface area contributed by atoms with E-state index in [1.165, 1.54) is 0 Å². The average molecular weight is 312 g/mol. The van der Waals surface area contributed by atoms with Crippen LogP contribution in [0.5, 0.6) is 0 Å². The van der Waals surface area contributed by atoms with Crippen LogP contribution >= 0.6 is 0 Å². The number of ether oxygens (including phenoxy) is 1. The molecule has 1 saturated carbocycles. The molecule has 1 aliphatic heterocycles. The molecule has 0 aromatic rings. The van der Waals surface area contributed by atoms with Crippen LogP contribution in [0.25, 0.3) is 0 Å². The van der Waals surface area contributed by atoms with Gasteiger partial charge in [0.05, 0.1) is 13.2 Å². The number of rotatable bonds is 8. The molecule has 1 aliphatic carbocycles. The molecular formula is C15H28N4O3. The van der Waals surface area contributed by atoms with Gasteiger partial charge in [0.25, 0.3) is 0 Å². The van der Waals surface area contributed by atoms with Crippen LogP contribution in [-0.4, -0.2) is 88.2 Å². The molecule has 2 fully saturated rings. The number of carbonyl (C=O) groups is 2. The lowest BCUT2D eigenvalue weighted by Crippen LogP contribution is -2.47. The van der Waals surface area contributed by atoms with E-state index in [0.717, 1.165) is 39.4 Å². The minimum Gasteiger partial charge on any atom is -0.379 e. The zero-order chi connectivity index (χ0) is 16.0. The van der Waals surface area contributed by atoms with Gasteiger partial charge in [-0.25, -0.2) is 0 Å². The average Bonchev–Trinajstić information content (AvgIpc) is 3.29. The Labute approximate surface area is 132 Å². The van der Waals surface area contributed by atoms with E-state index in [4.69, 9.17) is 4.74 Å². The molecule has 2 aliphatic rings. The van der Waals surface area contributed by atoms with E-state index in [9.17, 15) is 9.59 Å². The van der Waals surface area contributed by atoms with Crippen molar-refractivity contribution in [3.63, 3.8) is 0 Å². The Morgan fingerprint density at radius 2 is 1.68 bits per heavy atom.